The van der Waals surface area contributed by atoms with Crippen molar-refractivity contribution in [1.29, 1.82) is 0 Å². The van der Waals surface area contributed by atoms with Crippen molar-refractivity contribution in [3.8, 4) is 0 Å². The third kappa shape index (κ3) is 1.41. The number of fused-ring (bicyclic) bond motifs is 1. The average Bonchev–Trinajstić information content (AvgIpc) is 2.26. The highest BCUT2D eigenvalue weighted by atomic mass is 16.5. The van der Waals surface area contributed by atoms with E-state index in [0.717, 1.165) is 6.20 Å². The van der Waals surface area contributed by atoms with Gasteiger partial charge in [0, 0.05) is 6.07 Å². The summed E-state index contributed by atoms with van der Waals surface area (Å²) in [5.41, 5.74) is 0.461. The SMILES string of the molecule is O=CNc1c[n+]([O-])c2ccccc2[n+]1[O-]. The first kappa shape index (κ1) is 9.20. The van der Waals surface area contributed by atoms with Crippen LogP contribution in [0.5, 0.6) is 0 Å². The lowest BCUT2D eigenvalue weighted by atomic mass is 10.3. The van der Waals surface area contributed by atoms with Crippen molar-refractivity contribution in [2.75, 3.05) is 5.32 Å². The Hall–Kier alpha value is -2.37. The maximum Gasteiger partial charge on any atom is 0.351 e. The molecule has 0 bridgehead atoms. The summed E-state index contributed by atoms with van der Waals surface area (Å²) in [5.74, 6) is -0.0984. The highest BCUT2D eigenvalue weighted by Gasteiger charge is 2.15. The molecule has 0 radical (unpaired) electrons. The largest absolute Gasteiger partial charge is 0.710 e. The van der Waals surface area contributed by atoms with Gasteiger partial charge in [0.2, 0.25) is 5.52 Å². The number of carbonyl (C=O) groups is 1. The molecule has 0 saturated heterocycles. The predicted octanol–water partition coefficient (Wildman–Crippen LogP) is -0.325. The highest BCUT2D eigenvalue weighted by molar-refractivity contribution is 5.71. The van der Waals surface area contributed by atoms with Gasteiger partial charge in [-0.3, -0.25) is 4.79 Å². The molecule has 1 heterocycles. The molecule has 76 valence electrons. The molecule has 0 atom stereocenters. The molecule has 6 heteroatoms. The summed E-state index contributed by atoms with van der Waals surface area (Å²) in [6, 6.07) is 6.33. The Bertz CT molecular complexity index is 527. The Kier molecular flexibility index (Phi) is 2.09. The van der Waals surface area contributed by atoms with Gasteiger partial charge in [-0.15, -0.1) is 0 Å². The number of carbonyl (C=O) groups excluding carboxylic acids is 1. The van der Waals surface area contributed by atoms with Gasteiger partial charge in [-0.25, -0.2) is 10.0 Å². The molecule has 1 amide bonds. The molecule has 0 aliphatic heterocycles. The molecule has 0 aliphatic carbocycles. The van der Waals surface area contributed by atoms with E-state index >= 15 is 0 Å². The van der Waals surface area contributed by atoms with E-state index < -0.39 is 0 Å². The molecule has 1 N–H and O–H groups in total. The normalized spacial score (nSPS) is 10.1. The molecule has 6 nitrogen and oxygen atoms in total. The topological polar surface area (TPSA) is 83.0 Å². The standard InChI is InChI=1S/C9H7N3O3/c13-6-10-9-5-11(14)7-3-1-2-4-8(7)12(9)15/h1-6H,(H,10,13). The van der Waals surface area contributed by atoms with Crippen molar-refractivity contribution in [3.63, 3.8) is 0 Å². The first-order chi connectivity index (χ1) is 7.24. The number of hydrogen-bond acceptors (Lipinski definition) is 3. The minimum atomic E-state index is -0.0984. The fourth-order valence-electron chi connectivity index (χ4n) is 1.34. The van der Waals surface area contributed by atoms with E-state index in [1.165, 1.54) is 12.1 Å². The van der Waals surface area contributed by atoms with Crippen LogP contribution in [0.15, 0.2) is 30.5 Å². The Balaban J connectivity index is 2.78. The summed E-state index contributed by atoms with van der Waals surface area (Å²) in [6.45, 7) is 0. The van der Waals surface area contributed by atoms with Crippen LogP contribution in [0.25, 0.3) is 11.0 Å². The van der Waals surface area contributed by atoms with Crippen LogP contribution >= 0.6 is 0 Å². The summed E-state index contributed by atoms with van der Waals surface area (Å²) in [6.07, 6.45) is 1.36. The van der Waals surface area contributed by atoms with E-state index in [1.54, 1.807) is 12.1 Å². The molecule has 15 heavy (non-hydrogen) atoms. The summed E-state index contributed by atoms with van der Waals surface area (Å²) >= 11 is 0. The van der Waals surface area contributed by atoms with E-state index in [1.807, 2.05) is 0 Å². The van der Waals surface area contributed by atoms with Crippen LogP contribution in [0, 0.1) is 10.4 Å². The molecule has 0 spiro atoms. The van der Waals surface area contributed by atoms with E-state index in [4.69, 9.17) is 0 Å². The van der Waals surface area contributed by atoms with Crippen LogP contribution in [0.4, 0.5) is 5.82 Å². The first-order valence-electron chi connectivity index (χ1n) is 4.18. The third-order valence-corrected chi connectivity index (χ3v) is 2.00. The van der Waals surface area contributed by atoms with Gasteiger partial charge in [0.25, 0.3) is 18.1 Å². The Labute approximate surface area is 84.5 Å². The lowest BCUT2D eigenvalue weighted by Crippen LogP contribution is -2.40. The molecule has 2 rings (SSSR count). The highest BCUT2D eigenvalue weighted by Crippen LogP contribution is 2.06. The maximum atomic E-state index is 11.6. The van der Waals surface area contributed by atoms with Gasteiger partial charge in [-0.1, -0.05) is 12.1 Å². The lowest BCUT2D eigenvalue weighted by molar-refractivity contribution is -0.618. The van der Waals surface area contributed by atoms with Crippen molar-refractivity contribution in [2.45, 2.75) is 0 Å². The van der Waals surface area contributed by atoms with E-state index in [0.29, 0.717) is 15.9 Å². The Morgan fingerprint density at radius 1 is 1.20 bits per heavy atom. The van der Waals surface area contributed by atoms with Crippen LogP contribution < -0.4 is 14.8 Å². The third-order valence-electron chi connectivity index (χ3n) is 2.00. The van der Waals surface area contributed by atoms with E-state index in [9.17, 15) is 15.2 Å². The van der Waals surface area contributed by atoms with Crippen LogP contribution in [0.2, 0.25) is 0 Å². The molecule has 0 fully saturated rings. The molecule has 1 aromatic heterocycles. The van der Waals surface area contributed by atoms with E-state index in [-0.39, 0.29) is 16.9 Å². The van der Waals surface area contributed by atoms with Crippen molar-refractivity contribution >= 4 is 23.3 Å². The number of rotatable bonds is 2. The van der Waals surface area contributed by atoms with Gasteiger partial charge in [0.15, 0.2) is 0 Å². The van der Waals surface area contributed by atoms with Gasteiger partial charge in [0.05, 0.1) is 0 Å². The second-order valence-corrected chi connectivity index (χ2v) is 2.89. The number of aromatic nitrogens is 2. The predicted molar refractivity (Wildman–Crippen MR) is 51.6 cm³/mol. The van der Waals surface area contributed by atoms with Gasteiger partial charge in [-0.05, 0) is 6.07 Å². The fourth-order valence-corrected chi connectivity index (χ4v) is 1.34. The minimum absolute atomic E-state index is 0.0984. The Morgan fingerprint density at radius 3 is 2.53 bits per heavy atom. The quantitative estimate of drug-likeness (QED) is 0.414. The molecule has 1 aromatic carbocycles. The summed E-state index contributed by atoms with van der Waals surface area (Å²) in [4.78, 5) is 10.2. The monoisotopic (exact) mass is 205 g/mol. The average molecular weight is 205 g/mol. The number of benzene rings is 1. The van der Waals surface area contributed by atoms with Crippen LogP contribution in [0.1, 0.15) is 0 Å². The summed E-state index contributed by atoms with van der Waals surface area (Å²) in [5, 5.41) is 25.2. The second kappa shape index (κ2) is 3.41. The van der Waals surface area contributed by atoms with Gasteiger partial charge in [0.1, 0.15) is 0 Å². The van der Waals surface area contributed by atoms with Crippen molar-refractivity contribution in [2.24, 2.45) is 0 Å². The van der Waals surface area contributed by atoms with Gasteiger partial charge >= 0.3 is 5.82 Å². The zero-order valence-electron chi connectivity index (χ0n) is 7.58. The number of para-hydroxylation sites is 2. The van der Waals surface area contributed by atoms with Gasteiger partial charge in [-0.2, -0.15) is 4.73 Å². The molecule has 2 aromatic rings. The van der Waals surface area contributed by atoms with Crippen LogP contribution in [-0.4, -0.2) is 6.41 Å². The number of nitrogens with one attached hydrogen (secondary N) is 1. The van der Waals surface area contributed by atoms with Crippen LogP contribution in [0.3, 0.4) is 0 Å². The second-order valence-electron chi connectivity index (χ2n) is 2.89. The zero-order valence-corrected chi connectivity index (χ0v) is 7.58. The number of hydrogen-bond donors (Lipinski definition) is 1. The molecule has 0 unspecified atom stereocenters. The van der Waals surface area contributed by atoms with Crippen LogP contribution in [-0.2, 0) is 4.79 Å². The molecule has 0 saturated carbocycles. The van der Waals surface area contributed by atoms with Crippen molar-refractivity contribution in [3.05, 3.63) is 40.9 Å². The van der Waals surface area contributed by atoms with Gasteiger partial charge < -0.3 is 10.4 Å². The number of anilines is 1. The zero-order chi connectivity index (χ0) is 10.8. The molecular formula is C9H7N3O3. The van der Waals surface area contributed by atoms with Crippen molar-refractivity contribution < 1.29 is 14.3 Å². The smallest absolute Gasteiger partial charge is 0.351 e. The summed E-state index contributed by atoms with van der Waals surface area (Å²) in [7, 11) is 0. The fraction of sp³-hybridized carbons (Fsp3) is 0. The Morgan fingerprint density at radius 2 is 1.87 bits per heavy atom. The molecular weight excluding hydrogens is 198 g/mol. The van der Waals surface area contributed by atoms with Crippen molar-refractivity contribution in [1.82, 2.24) is 0 Å². The maximum absolute atomic E-state index is 11.6. The number of amides is 1. The summed E-state index contributed by atoms with van der Waals surface area (Å²) < 4.78 is 1.04. The molecule has 0 aliphatic rings. The minimum Gasteiger partial charge on any atom is -0.710 e. The first-order valence-corrected chi connectivity index (χ1v) is 4.18. The van der Waals surface area contributed by atoms with E-state index in [2.05, 4.69) is 5.32 Å². The number of nitrogens with zero attached hydrogens (tertiary/aromatic N) is 2. The lowest BCUT2D eigenvalue weighted by Gasteiger charge is -2.09.